The molecule has 0 aliphatic carbocycles. The molecule has 16 heavy (non-hydrogen) atoms. The summed E-state index contributed by atoms with van der Waals surface area (Å²) >= 11 is 0. The maximum atomic E-state index is 11.7. The highest BCUT2D eigenvalue weighted by molar-refractivity contribution is 4.70. The van der Waals surface area contributed by atoms with Crippen LogP contribution in [0.25, 0.3) is 0 Å². The number of hydrogen-bond donors (Lipinski definition) is 1. The highest BCUT2D eigenvalue weighted by Crippen LogP contribution is 2.14. The van der Waals surface area contributed by atoms with Gasteiger partial charge in [-0.15, -0.1) is 0 Å². The van der Waals surface area contributed by atoms with Crippen LogP contribution in [-0.4, -0.2) is 45.7 Å². The number of nitrogens with one attached hydrogen (secondary N) is 1. The van der Waals surface area contributed by atoms with Crippen molar-refractivity contribution in [3.8, 4) is 0 Å². The van der Waals surface area contributed by atoms with Crippen molar-refractivity contribution >= 4 is 0 Å². The summed E-state index contributed by atoms with van der Waals surface area (Å²) in [5.41, 5.74) is 0. The van der Waals surface area contributed by atoms with Crippen LogP contribution in [0.2, 0.25) is 0 Å². The van der Waals surface area contributed by atoms with Crippen molar-refractivity contribution in [2.45, 2.75) is 19.0 Å². The Kier molecular flexibility index (Phi) is 6.08. The molecule has 0 aromatic heterocycles. The molecule has 0 bridgehead atoms. The highest BCUT2D eigenvalue weighted by Gasteiger charge is 2.27. The Hall–Kier alpha value is -0.330. The minimum absolute atomic E-state index is 0.00241. The monoisotopic (exact) mass is 241 g/mol. The van der Waals surface area contributed by atoms with Crippen molar-refractivity contribution in [2.75, 3.05) is 39.5 Å². The molecule has 3 nitrogen and oxygen atoms in total. The van der Waals surface area contributed by atoms with E-state index in [1.54, 1.807) is 0 Å². The Morgan fingerprint density at radius 1 is 1.12 bits per heavy atom. The summed E-state index contributed by atoms with van der Waals surface area (Å²) in [5.74, 6) is 0.649. The highest BCUT2D eigenvalue weighted by atomic mass is 19.4. The lowest BCUT2D eigenvalue weighted by molar-refractivity contribution is -0.176. The van der Waals surface area contributed by atoms with E-state index in [-0.39, 0.29) is 13.2 Å². The number of halogens is 3. The SMILES string of the molecule is FC(F)(F)COCCOCCC1CCNC1. The first kappa shape index (κ1) is 13.7. The first-order chi connectivity index (χ1) is 7.58. The van der Waals surface area contributed by atoms with Crippen LogP contribution in [0.15, 0.2) is 0 Å². The Labute approximate surface area is 93.3 Å². The predicted molar refractivity (Wildman–Crippen MR) is 53.3 cm³/mol. The van der Waals surface area contributed by atoms with Gasteiger partial charge in [0.2, 0.25) is 0 Å². The fraction of sp³-hybridized carbons (Fsp3) is 1.00. The average Bonchev–Trinajstić information content (AvgIpc) is 2.67. The summed E-state index contributed by atoms with van der Waals surface area (Å²) < 4.78 is 44.6. The van der Waals surface area contributed by atoms with Crippen molar-refractivity contribution in [3.63, 3.8) is 0 Å². The molecular weight excluding hydrogens is 223 g/mol. The molecule has 1 fully saturated rings. The zero-order valence-corrected chi connectivity index (χ0v) is 9.18. The zero-order valence-electron chi connectivity index (χ0n) is 9.18. The number of alkyl halides is 3. The lowest BCUT2D eigenvalue weighted by atomic mass is 10.1. The Morgan fingerprint density at radius 2 is 1.88 bits per heavy atom. The van der Waals surface area contributed by atoms with Gasteiger partial charge in [0.1, 0.15) is 6.61 Å². The predicted octanol–water partition coefficient (Wildman–Crippen LogP) is 1.58. The number of ether oxygens (including phenoxy) is 2. The summed E-state index contributed by atoms with van der Waals surface area (Å²) in [4.78, 5) is 0. The zero-order chi connectivity index (χ0) is 11.9. The quantitative estimate of drug-likeness (QED) is 0.686. The molecule has 0 aromatic carbocycles. The van der Waals surface area contributed by atoms with Crippen LogP contribution < -0.4 is 5.32 Å². The van der Waals surface area contributed by atoms with Crippen LogP contribution in [0.5, 0.6) is 0 Å². The summed E-state index contributed by atoms with van der Waals surface area (Å²) in [6, 6.07) is 0. The molecule has 0 spiro atoms. The van der Waals surface area contributed by atoms with Gasteiger partial charge >= 0.3 is 6.18 Å². The van der Waals surface area contributed by atoms with E-state index in [1.807, 2.05) is 0 Å². The van der Waals surface area contributed by atoms with Crippen molar-refractivity contribution in [1.29, 1.82) is 0 Å². The second-order valence-corrected chi connectivity index (χ2v) is 3.93. The van der Waals surface area contributed by atoms with Crippen LogP contribution in [0.1, 0.15) is 12.8 Å². The van der Waals surface area contributed by atoms with Crippen LogP contribution >= 0.6 is 0 Å². The molecule has 1 atom stereocenters. The summed E-state index contributed by atoms with van der Waals surface area (Å²) in [6.07, 6.45) is -2.12. The maximum Gasteiger partial charge on any atom is 0.411 e. The van der Waals surface area contributed by atoms with E-state index in [0.717, 1.165) is 25.9 Å². The fourth-order valence-corrected chi connectivity index (χ4v) is 1.62. The molecule has 1 saturated heterocycles. The second-order valence-electron chi connectivity index (χ2n) is 3.93. The van der Waals surface area contributed by atoms with Crippen LogP contribution in [0.3, 0.4) is 0 Å². The standard InChI is InChI=1S/C10H18F3NO2/c11-10(12,13)8-16-6-5-15-4-2-9-1-3-14-7-9/h9,14H,1-8H2. The second kappa shape index (κ2) is 7.09. The van der Waals surface area contributed by atoms with Gasteiger partial charge in [0, 0.05) is 6.61 Å². The average molecular weight is 241 g/mol. The van der Waals surface area contributed by atoms with E-state index in [4.69, 9.17) is 4.74 Å². The Balaban J connectivity index is 1.81. The summed E-state index contributed by atoms with van der Waals surface area (Å²) in [6.45, 7) is 1.72. The topological polar surface area (TPSA) is 30.5 Å². The first-order valence-corrected chi connectivity index (χ1v) is 5.51. The van der Waals surface area contributed by atoms with E-state index in [2.05, 4.69) is 10.1 Å². The summed E-state index contributed by atoms with van der Waals surface area (Å²) in [7, 11) is 0. The molecule has 0 amide bonds. The molecular formula is C10H18F3NO2. The minimum Gasteiger partial charge on any atom is -0.379 e. The van der Waals surface area contributed by atoms with Crippen LogP contribution in [-0.2, 0) is 9.47 Å². The molecule has 1 N–H and O–H groups in total. The molecule has 96 valence electrons. The smallest absolute Gasteiger partial charge is 0.379 e. The van der Waals surface area contributed by atoms with E-state index >= 15 is 0 Å². The number of rotatable bonds is 7. The van der Waals surface area contributed by atoms with Gasteiger partial charge in [0.05, 0.1) is 13.2 Å². The fourth-order valence-electron chi connectivity index (χ4n) is 1.62. The molecule has 1 heterocycles. The lowest BCUT2D eigenvalue weighted by Gasteiger charge is -2.10. The van der Waals surface area contributed by atoms with Gasteiger partial charge in [-0.05, 0) is 31.8 Å². The van der Waals surface area contributed by atoms with E-state index in [1.165, 1.54) is 0 Å². The normalized spacial score (nSPS) is 21.6. The Morgan fingerprint density at radius 3 is 2.50 bits per heavy atom. The van der Waals surface area contributed by atoms with E-state index in [0.29, 0.717) is 12.5 Å². The lowest BCUT2D eigenvalue weighted by Crippen LogP contribution is -2.19. The third-order valence-electron chi connectivity index (χ3n) is 2.47. The molecule has 1 rings (SSSR count). The van der Waals surface area contributed by atoms with Gasteiger partial charge in [0.25, 0.3) is 0 Å². The van der Waals surface area contributed by atoms with Gasteiger partial charge < -0.3 is 14.8 Å². The Bertz CT molecular complexity index is 181. The molecule has 0 radical (unpaired) electrons. The largest absolute Gasteiger partial charge is 0.411 e. The summed E-state index contributed by atoms with van der Waals surface area (Å²) in [5, 5.41) is 3.24. The molecule has 1 aliphatic heterocycles. The van der Waals surface area contributed by atoms with E-state index < -0.39 is 12.8 Å². The van der Waals surface area contributed by atoms with Gasteiger partial charge in [-0.3, -0.25) is 0 Å². The molecule has 1 unspecified atom stereocenters. The van der Waals surface area contributed by atoms with E-state index in [9.17, 15) is 13.2 Å². The van der Waals surface area contributed by atoms with Crippen molar-refractivity contribution < 1.29 is 22.6 Å². The van der Waals surface area contributed by atoms with Gasteiger partial charge in [0.15, 0.2) is 0 Å². The number of hydrogen-bond acceptors (Lipinski definition) is 3. The van der Waals surface area contributed by atoms with Crippen molar-refractivity contribution in [2.24, 2.45) is 5.92 Å². The third kappa shape index (κ3) is 7.03. The first-order valence-electron chi connectivity index (χ1n) is 5.51. The molecule has 0 aromatic rings. The minimum atomic E-state index is -4.24. The van der Waals surface area contributed by atoms with Gasteiger partial charge in [-0.2, -0.15) is 13.2 Å². The van der Waals surface area contributed by atoms with Gasteiger partial charge in [-0.1, -0.05) is 0 Å². The molecule has 1 aliphatic rings. The molecule has 0 saturated carbocycles. The van der Waals surface area contributed by atoms with Crippen molar-refractivity contribution in [1.82, 2.24) is 5.32 Å². The maximum absolute atomic E-state index is 11.7. The van der Waals surface area contributed by atoms with Crippen LogP contribution in [0.4, 0.5) is 13.2 Å². The van der Waals surface area contributed by atoms with Crippen LogP contribution in [0, 0.1) is 5.92 Å². The van der Waals surface area contributed by atoms with Crippen molar-refractivity contribution in [3.05, 3.63) is 0 Å². The molecule has 6 heteroatoms. The van der Waals surface area contributed by atoms with Gasteiger partial charge in [-0.25, -0.2) is 0 Å². The third-order valence-corrected chi connectivity index (χ3v) is 2.47.